The quantitative estimate of drug-likeness (QED) is 0.752. The maximum Gasteiger partial charge on any atom is 0.143 e. The van der Waals surface area contributed by atoms with Gasteiger partial charge in [-0.2, -0.15) is 0 Å². The van der Waals surface area contributed by atoms with Crippen LogP contribution >= 0.6 is 22.6 Å². The maximum absolute atomic E-state index is 12.6. The zero-order chi connectivity index (χ0) is 9.26. The fraction of sp³-hybridized carbons (Fsp3) is 0. The van der Waals surface area contributed by atoms with Gasteiger partial charge in [0.1, 0.15) is 9.52 Å². The second-order valence-corrected chi connectivity index (χ2v) is 3.57. The summed E-state index contributed by atoms with van der Waals surface area (Å²) >= 11 is 2.07. The van der Waals surface area contributed by atoms with E-state index in [0.717, 1.165) is 9.39 Å². The molecule has 0 radical (unpaired) electrons. The molecular weight excluding hydrogens is 284 g/mol. The average Bonchev–Trinajstić information content (AvgIpc) is 2.53. The van der Waals surface area contributed by atoms with Gasteiger partial charge >= 0.3 is 0 Å². The Morgan fingerprint density at radius 3 is 2.46 bits per heavy atom. The number of rotatable bonds is 1. The minimum atomic E-state index is -0.251. The van der Waals surface area contributed by atoms with Crippen molar-refractivity contribution in [1.29, 1.82) is 0 Å². The smallest absolute Gasteiger partial charge is 0.143 e. The third-order valence-electron chi connectivity index (χ3n) is 1.56. The molecule has 5 heteroatoms. The van der Waals surface area contributed by atoms with Crippen LogP contribution in [0.4, 0.5) is 4.39 Å². The molecule has 1 aromatic carbocycles. The lowest BCUT2D eigenvalue weighted by Gasteiger charge is -1.97. The van der Waals surface area contributed by atoms with Crippen LogP contribution in [0.15, 0.2) is 30.5 Å². The van der Waals surface area contributed by atoms with Crippen molar-refractivity contribution in [2.45, 2.75) is 0 Å². The third-order valence-corrected chi connectivity index (χ3v) is 2.05. The Hall–Kier alpha value is -0.980. The first-order valence-corrected chi connectivity index (χ1v) is 4.67. The van der Waals surface area contributed by atoms with Crippen molar-refractivity contribution in [3.63, 3.8) is 0 Å². The van der Waals surface area contributed by atoms with Gasteiger partial charge in [-0.3, -0.25) is 0 Å². The van der Waals surface area contributed by atoms with Crippen molar-refractivity contribution in [3.8, 4) is 5.69 Å². The number of halogens is 2. The lowest BCUT2D eigenvalue weighted by molar-refractivity contribution is 0.626. The molecule has 0 N–H and O–H groups in total. The summed E-state index contributed by atoms with van der Waals surface area (Å²) in [5.41, 5.74) is 0.803. The normalized spacial score (nSPS) is 10.3. The Labute approximate surface area is 87.7 Å². The van der Waals surface area contributed by atoms with Gasteiger partial charge in [-0.25, -0.2) is 9.07 Å². The molecular formula is C8H5FIN3. The molecule has 0 fully saturated rings. The van der Waals surface area contributed by atoms with E-state index in [1.165, 1.54) is 12.1 Å². The highest BCUT2D eigenvalue weighted by molar-refractivity contribution is 14.1. The Balaban J connectivity index is 2.41. The third kappa shape index (κ3) is 1.85. The number of aromatic nitrogens is 3. The second-order valence-electron chi connectivity index (χ2n) is 2.46. The van der Waals surface area contributed by atoms with E-state index < -0.39 is 0 Å². The number of hydrogen-bond donors (Lipinski definition) is 0. The fourth-order valence-corrected chi connectivity index (χ4v) is 1.32. The largest absolute Gasteiger partial charge is 0.220 e. The molecule has 0 spiro atoms. The lowest BCUT2D eigenvalue weighted by atomic mass is 10.3. The van der Waals surface area contributed by atoms with E-state index in [-0.39, 0.29) is 5.82 Å². The summed E-state index contributed by atoms with van der Waals surface area (Å²) in [6.45, 7) is 0. The van der Waals surface area contributed by atoms with Crippen LogP contribution in [0, 0.1) is 9.52 Å². The Kier molecular flexibility index (Phi) is 2.26. The first-order valence-electron chi connectivity index (χ1n) is 3.59. The van der Waals surface area contributed by atoms with Crippen LogP contribution in [0.5, 0.6) is 0 Å². The molecule has 2 rings (SSSR count). The highest BCUT2D eigenvalue weighted by atomic mass is 127. The SMILES string of the molecule is Fc1ccc(-n2cc(I)nn2)cc1. The van der Waals surface area contributed by atoms with Crippen LogP contribution in [0.1, 0.15) is 0 Å². The molecule has 1 aromatic heterocycles. The first kappa shape index (κ1) is 8.61. The Morgan fingerprint density at radius 1 is 1.23 bits per heavy atom. The van der Waals surface area contributed by atoms with Crippen LogP contribution in [-0.4, -0.2) is 15.0 Å². The van der Waals surface area contributed by atoms with E-state index in [2.05, 4.69) is 32.9 Å². The van der Waals surface area contributed by atoms with Crippen molar-refractivity contribution in [3.05, 3.63) is 40.0 Å². The van der Waals surface area contributed by atoms with Crippen LogP contribution in [0.2, 0.25) is 0 Å². The zero-order valence-electron chi connectivity index (χ0n) is 6.48. The molecule has 3 nitrogen and oxygen atoms in total. The maximum atomic E-state index is 12.6. The van der Waals surface area contributed by atoms with Crippen LogP contribution in [0.25, 0.3) is 5.69 Å². The Bertz CT molecular complexity index is 410. The highest BCUT2D eigenvalue weighted by Gasteiger charge is 1.99. The second kappa shape index (κ2) is 3.41. The highest BCUT2D eigenvalue weighted by Crippen LogP contribution is 2.08. The van der Waals surface area contributed by atoms with E-state index in [9.17, 15) is 4.39 Å². The van der Waals surface area contributed by atoms with Crippen molar-refractivity contribution < 1.29 is 4.39 Å². The van der Waals surface area contributed by atoms with Gasteiger partial charge in [0.05, 0.1) is 11.9 Å². The van der Waals surface area contributed by atoms with Gasteiger partial charge in [-0.1, -0.05) is 5.21 Å². The van der Waals surface area contributed by atoms with Gasteiger partial charge in [0.15, 0.2) is 0 Å². The molecule has 0 aliphatic heterocycles. The standard InChI is InChI=1S/C8H5FIN3/c9-6-1-3-7(4-2-6)13-5-8(10)11-12-13/h1-5H. The van der Waals surface area contributed by atoms with Crippen molar-refractivity contribution in [2.24, 2.45) is 0 Å². The van der Waals surface area contributed by atoms with Crippen molar-refractivity contribution in [2.75, 3.05) is 0 Å². The molecule has 0 unspecified atom stereocenters. The van der Waals surface area contributed by atoms with Gasteiger partial charge in [-0.05, 0) is 46.9 Å². The van der Waals surface area contributed by atoms with Gasteiger partial charge in [0.2, 0.25) is 0 Å². The average molecular weight is 289 g/mol. The summed E-state index contributed by atoms with van der Waals surface area (Å²) in [5, 5.41) is 7.67. The summed E-state index contributed by atoms with van der Waals surface area (Å²) in [5.74, 6) is -0.251. The topological polar surface area (TPSA) is 30.7 Å². The van der Waals surface area contributed by atoms with Gasteiger partial charge in [0.25, 0.3) is 0 Å². The number of benzene rings is 1. The molecule has 0 saturated heterocycles. The van der Waals surface area contributed by atoms with E-state index in [1.807, 2.05) is 0 Å². The minimum absolute atomic E-state index is 0.251. The van der Waals surface area contributed by atoms with Gasteiger partial charge in [0, 0.05) is 0 Å². The van der Waals surface area contributed by atoms with Crippen molar-refractivity contribution in [1.82, 2.24) is 15.0 Å². The summed E-state index contributed by atoms with van der Waals surface area (Å²) in [4.78, 5) is 0. The minimum Gasteiger partial charge on any atom is -0.220 e. The van der Waals surface area contributed by atoms with E-state index in [4.69, 9.17) is 0 Å². The molecule has 0 amide bonds. The van der Waals surface area contributed by atoms with Crippen LogP contribution in [0.3, 0.4) is 0 Å². The first-order chi connectivity index (χ1) is 6.25. The molecule has 1 heterocycles. The Morgan fingerprint density at radius 2 is 1.92 bits per heavy atom. The lowest BCUT2D eigenvalue weighted by Crippen LogP contribution is -1.94. The zero-order valence-corrected chi connectivity index (χ0v) is 8.64. The van der Waals surface area contributed by atoms with E-state index >= 15 is 0 Å². The van der Waals surface area contributed by atoms with Crippen LogP contribution < -0.4 is 0 Å². The number of hydrogen-bond acceptors (Lipinski definition) is 2. The van der Waals surface area contributed by atoms with E-state index in [0.29, 0.717) is 0 Å². The molecule has 0 saturated carbocycles. The molecule has 66 valence electrons. The molecule has 0 aliphatic rings. The summed E-state index contributed by atoms with van der Waals surface area (Å²) in [7, 11) is 0. The van der Waals surface area contributed by atoms with Crippen molar-refractivity contribution >= 4 is 22.6 Å². The van der Waals surface area contributed by atoms with Gasteiger partial charge in [-0.15, -0.1) is 5.10 Å². The summed E-state index contributed by atoms with van der Waals surface area (Å²) in [6.07, 6.45) is 1.77. The molecule has 0 bridgehead atoms. The monoisotopic (exact) mass is 289 g/mol. The van der Waals surface area contributed by atoms with Gasteiger partial charge < -0.3 is 0 Å². The fourth-order valence-electron chi connectivity index (χ4n) is 0.963. The predicted molar refractivity (Wildman–Crippen MR) is 54.0 cm³/mol. The number of nitrogens with zero attached hydrogens (tertiary/aromatic N) is 3. The summed E-state index contributed by atoms with van der Waals surface area (Å²) < 4.78 is 15.0. The summed E-state index contributed by atoms with van der Waals surface area (Å²) in [6, 6.07) is 6.09. The molecule has 13 heavy (non-hydrogen) atoms. The van der Waals surface area contributed by atoms with Crippen LogP contribution in [-0.2, 0) is 0 Å². The predicted octanol–water partition coefficient (Wildman–Crippen LogP) is 2.01. The molecule has 0 atom stereocenters. The molecule has 2 aromatic rings. The molecule has 0 aliphatic carbocycles. The van der Waals surface area contributed by atoms with E-state index in [1.54, 1.807) is 23.0 Å².